The SMILES string of the molecule is Nc1ccccc1-c1ncnc(-c2ccccc2N)n1. The predicted octanol–water partition coefficient (Wildman–Crippen LogP) is 2.37. The van der Waals surface area contributed by atoms with Crippen LogP contribution < -0.4 is 11.5 Å². The largest absolute Gasteiger partial charge is 0.398 e. The second-order valence-electron chi connectivity index (χ2n) is 4.31. The van der Waals surface area contributed by atoms with E-state index in [1.54, 1.807) is 0 Å². The maximum absolute atomic E-state index is 5.95. The molecule has 0 amide bonds. The quantitative estimate of drug-likeness (QED) is 0.693. The lowest BCUT2D eigenvalue weighted by Crippen LogP contribution is -1.99. The maximum Gasteiger partial charge on any atom is 0.165 e. The summed E-state index contributed by atoms with van der Waals surface area (Å²) in [6.45, 7) is 0. The molecule has 98 valence electrons. The topological polar surface area (TPSA) is 90.7 Å². The number of anilines is 2. The molecule has 5 heteroatoms. The van der Waals surface area contributed by atoms with Crippen LogP contribution in [0, 0.1) is 0 Å². The van der Waals surface area contributed by atoms with Crippen LogP contribution in [-0.4, -0.2) is 15.0 Å². The number of benzene rings is 2. The minimum absolute atomic E-state index is 0.538. The molecule has 4 N–H and O–H groups in total. The smallest absolute Gasteiger partial charge is 0.165 e. The Morgan fingerprint density at radius 1 is 0.650 bits per heavy atom. The predicted molar refractivity (Wildman–Crippen MR) is 79.5 cm³/mol. The number of nitrogens with two attached hydrogens (primary N) is 2. The first-order valence-corrected chi connectivity index (χ1v) is 6.14. The molecule has 1 heterocycles. The fraction of sp³-hybridized carbons (Fsp3) is 0. The first-order chi connectivity index (χ1) is 9.75. The van der Waals surface area contributed by atoms with Crippen molar-refractivity contribution < 1.29 is 0 Å². The van der Waals surface area contributed by atoms with Crippen molar-refractivity contribution in [2.75, 3.05) is 11.5 Å². The summed E-state index contributed by atoms with van der Waals surface area (Å²) in [6, 6.07) is 14.9. The van der Waals surface area contributed by atoms with E-state index in [0.29, 0.717) is 23.0 Å². The molecule has 0 aliphatic carbocycles. The first-order valence-electron chi connectivity index (χ1n) is 6.14. The molecule has 3 aromatic rings. The van der Waals surface area contributed by atoms with Gasteiger partial charge >= 0.3 is 0 Å². The molecule has 0 unspecified atom stereocenters. The van der Waals surface area contributed by atoms with E-state index >= 15 is 0 Å². The van der Waals surface area contributed by atoms with Crippen molar-refractivity contribution in [3.05, 3.63) is 54.9 Å². The summed E-state index contributed by atoms with van der Waals surface area (Å²) in [7, 11) is 0. The molecule has 0 atom stereocenters. The van der Waals surface area contributed by atoms with Crippen LogP contribution in [0.4, 0.5) is 11.4 Å². The highest BCUT2D eigenvalue weighted by Gasteiger charge is 2.09. The van der Waals surface area contributed by atoms with Crippen molar-refractivity contribution in [1.82, 2.24) is 15.0 Å². The van der Waals surface area contributed by atoms with Crippen molar-refractivity contribution in [3.63, 3.8) is 0 Å². The number of hydrogen-bond donors (Lipinski definition) is 2. The highest BCUT2D eigenvalue weighted by Crippen LogP contribution is 2.25. The van der Waals surface area contributed by atoms with Crippen LogP contribution in [0.5, 0.6) is 0 Å². The van der Waals surface area contributed by atoms with Gasteiger partial charge in [0.15, 0.2) is 11.6 Å². The summed E-state index contributed by atoms with van der Waals surface area (Å²) < 4.78 is 0. The van der Waals surface area contributed by atoms with E-state index in [9.17, 15) is 0 Å². The lowest BCUT2D eigenvalue weighted by Gasteiger charge is -2.07. The molecule has 0 aliphatic rings. The Hall–Kier alpha value is -2.95. The van der Waals surface area contributed by atoms with Gasteiger partial charge in [0.25, 0.3) is 0 Å². The third kappa shape index (κ3) is 2.16. The molecule has 20 heavy (non-hydrogen) atoms. The van der Waals surface area contributed by atoms with Crippen LogP contribution in [0.2, 0.25) is 0 Å². The number of aromatic nitrogens is 3. The average Bonchev–Trinajstić information content (AvgIpc) is 2.48. The Balaban J connectivity index is 2.12. The van der Waals surface area contributed by atoms with Crippen molar-refractivity contribution in [2.24, 2.45) is 0 Å². The van der Waals surface area contributed by atoms with Gasteiger partial charge in [-0.2, -0.15) is 0 Å². The van der Waals surface area contributed by atoms with Gasteiger partial charge in [0, 0.05) is 22.5 Å². The second kappa shape index (κ2) is 4.97. The fourth-order valence-corrected chi connectivity index (χ4v) is 1.96. The number of para-hydroxylation sites is 2. The Morgan fingerprint density at radius 3 is 1.55 bits per heavy atom. The molecule has 1 aromatic heterocycles. The number of rotatable bonds is 2. The average molecular weight is 263 g/mol. The van der Waals surface area contributed by atoms with E-state index in [1.807, 2.05) is 48.5 Å². The zero-order valence-electron chi connectivity index (χ0n) is 10.7. The Bertz CT molecular complexity index is 694. The van der Waals surface area contributed by atoms with Crippen molar-refractivity contribution in [1.29, 1.82) is 0 Å². The fourth-order valence-electron chi connectivity index (χ4n) is 1.96. The Morgan fingerprint density at radius 2 is 1.10 bits per heavy atom. The van der Waals surface area contributed by atoms with E-state index in [4.69, 9.17) is 11.5 Å². The van der Waals surface area contributed by atoms with Gasteiger partial charge in [0.05, 0.1) is 0 Å². The summed E-state index contributed by atoms with van der Waals surface area (Å²) >= 11 is 0. The summed E-state index contributed by atoms with van der Waals surface area (Å²) in [5, 5.41) is 0. The molecule has 5 nitrogen and oxygen atoms in total. The van der Waals surface area contributed by atoms with Crippen molar-refractivity contribution >= 4 is 11.4 Å². The van der Waals surface area contributed by atoms with E-state index in [2.05, 4.69) is 15.0 Å². The lowest BCUT2D eigenvalue weighted by molar-refractivity contribution is 1.07. The van der Waals surface area contributed by atoms with E-state index in [-0.39, 0.29) is 0 Å². The van der Waals surface area contributed by atoms with Crippen LogP contribution in [0.3, 0.4) is 0 Å². The molecule has 0 saturated heterocycles. The number of nitrogen functional groups attached to an aromatic ring is 2. The third-order valence-corrected chi connectivity index (χ3v) is 2.98. The zero-order chi connectivity index (χ0) is 13.9. The van der Waals surface area contributed by atoms with Gasteiger partial charge in [-0.1, -0.05) is 24.3 Å². The van der Waals surface area contributed by atoms with Gasteiger partial charge in [0.1, 0.15) is 6.33 Å². The summed E-state index contributed by atoms with van der Waals surface area (Å²) in [6.07, 6.45) is 1.47. The molecule has 3 rings (SSSR count). The first kappa shape index (κ1) is 12.1. The molecule has 0 saturated carbocycles. The lowest BCUT2D eigenvalue weighted by atomic mass is 10.1. The second-order valence-corrected chi connectivity index (χ2v) is 4.31. The maximum atomic E-state index is 5.95. The van der Waals surface area contributed by atoms with Crippen LogP contribution in [0.1, 0.15) is 0 Å². The summed E-state index contributed by atoms with van der Waals surface area (Å²) in [4.78, 5) is 12.8. The van der Waals surface area contributed by atoms with Gasteiger partial charge in [-0.25, -0.2) is 15.0 Å². The van der Waals surface area contributed by atoms with E-state index < -0.39 is 0 Å². The van der Waals surface area contributed by atoms with E-state index in [1.165, 1.54) is 6.33 Å². The third-order valence-electron chi connectivity index (χ3n) is 2.98. The van der Waals surface area contributed by atoms with Gasteiger partial charge < -0.3 is 11.5 Å². The Labute approximate surface area is 116 Å². The summed E-state index contributed by atoms with van der Waals surface area (Å²) in [5.41, 5.74) is 14.7. The minimum Gasteiger partial charge on any atom is -0.398 e. The molecule has 2 aromatic carbocycles. The molecule has 0 radical (unpaired) electrons. The zero-order valence-corrected chi connectivity index (χ0v) is 10.7. The van der Waals surface area contributed by atoms with Gasteiger partial charge in [-0.05, 0) is 24.3 Å². The monoisotopic (exact) mass is 263 g/mol. The molecule has 0 spiro atoms. The van der Waals surface area contributed by atoms with Crippen LogP contribution in [-0.2, 0) is 0 Å². The highest BCUT2D eigenvalue weighted by atomic mass is 15.0. The van der Waals surface area contributed by atoms with Crippen molar-refractivity contribution in [2.45, 2.75) is 0 Å². The molecule has 0 fully saturated rings. The highest BCUT2D eigenvalue weighted by molar-refractivity contribution is 5.75. The number of nitrogens with zero attached hydrogens (tertiary/aromatic N) is 3. The minimum atomic E-state index is 0.538. The van der Waals surface area contributed by atoms with Crippen molar-refractivity contribution in [3.8, 4) is 22.8 Å². The molecular formula is C15H13N5. The molecular weight excluding hydrogens is 250 g/mol. The number of hydrogen-bond acceptors (Lipinski definition) is 5. The van der Waals surface area contributed by atoms with Gasteiger partial charge in [-0.15, -0.1) is 0 Å². The van der Waals surface area contributed by atoms with E-state index in [0.717, 1.165) is 11.1 Å². The standard InChI is InChI=1S/C15H13N5/c16-12-7-3-1-5-10(12)14-18-9-19-15(20-14)11-6-2-4-8-13(11)17/h1-9H,16-17H2. The normalized spacial score (nSPS) is 10.4. The van der Waals surface area contributed by atoms with Crippen LogP contribution in [0.15, 0.2) is 54.9 Å². The summed E-state index contributed by atoms with van der Waals surface area (Å²) in [5.74, 6) is 1.08. The van der Waals surface area contributed by atoms with Gasteiger partial charge in [-0.3, -0.25) is 0 Å². The van der Waals surface area contributed by atoms with Crippen LogP contribution >= 0.6 is 0 Å². The molecule has 0 aliphatic heterocycles. The Kier molecular flexibility index (Phi) is 3.01. The molecule has 0 bridgehead atoms. The van der Waals surface area contributed by atoms with Gasteiger partial charge in [0.2, 0.25) is 0 Å². The van der Waals surface area contributed by atoms with Crippen LogP contribution in [0.25, 0.3) is 22.8 Å².